The Morgan fingerprint density at radius 3 is 2.12 bits per heavy atom. The Morgan fingerprint density at radius 1 is 0.885 bits per heavy atom. The van der Waals surface area contributed by atoms with E-state index < -0.39 is 4.92 Å². The molecule has 3 rings (SSSR count). The van der Waals surface area contributed by atoms with Gasteiger partial charge in [-0.3, -0.25) is 14.9 Å². The normalized spacial score (nSPS) is 10.6. The van der Waals surface area contributed by atoms with Crippen LogP contribution in [0.15, 0.2) is 84.0 Å². The minimum atomic E-state index is -0.470. The fourth-order valence-corrected chi connectivity index (χ4v) is 2.36. The van der Waals surface area contributed by atoms with Gasteiger partial charge in [0.15, 0.2) is 0 Å². The summed E-state index contributed by atoms with van der Waals surface area (Å²) >= 11 is 0. The van der Waals surface area contributed by atoms with Crippen LogP contribution in [0.3, 0.4) is 0 Å². The lowest BCUT2D eigenvalue weighted by Gasteiger charge is -2.03. The van der Waals surface area contributed by atoms with Crippen LogP contribution in [0, 0.1) is 10.1 Å². The van der Waals surface area contributed by atoms with E-state index in [1.807, 2.05) is 42.5 Å². The molecule has 1 amide bonds. The van der Waals surface area contributed by atoms with Gasteiger partial charge in [0.2, 0.25) is 0 Å². The van der Waals surface area contributed by atoms with Gasteiger partial charge >= 0.3 is 0 Å². The lowest BCUT2D eigenvalue weighted by Crippen LogP contribution is -2.17. The molecule has 0 aliphatic heterocycles. The highest BCUT2D eigenvalue weighted by Crippen LogP contribution is 2.19. The van der Waals surface area contributed by atoms with Gasteiger partial charge in [0, 0.05) is 17.7 Å². The van der Waals surface area contributed by atoms with Gasteiger partial charge < -0.3 is 0 Å². The topological polar surface area (TPSA) is 84.6 Å². The monoisotopic (exact) mass is 345 g/mol. The molecule has 26 heavy (non-hydrogen) atoms. The average Bonchev–Trinajstić information content (AvgIpc) is 2.69. The van der Waals surface area contributed by atoms with Crippen LogP contribution in [0.4, 0.5) is 5.69 Å². The van der Waals surface area contributed by atoms with Crippen molar-refractivity contribution in [2.45, 2.75) is 0 Å². The van der Waals surface area contributed by atoms with E-state index in [0.717, 1.165) is 11.1 Å². The van der Waals surface area contributed by atoms with Crippen LogP contribution in [-0.4, -0.2) is 17.0 Å². The number of nitro groups is 1. The minimum Gasteiger partial charge on any atom is -0.267 e. The maximum absolute atomic E-state index is 12.1. The van der Waals surface area contributed by atoms with Gasteiger partial charge in [0.25, 0.3) is 11.6 Å². The number of amides is 1. The number of hydrogen-bond donors (Lipinski definition) is 1. The molecule has 0 aromatic heterocycles. The fraction of sp³-hybridized carbons (Fsp3) is 0. The van der Waals surface area contributed by atoms with Gasteiger partial charge in [0.1, 0.15) is 0 Å². The number of rotatable bonds is 5. The molecule has 0 fully saturated rings. The zero-order valence-electron chi connectivity index (χ0n) is 13.7. The number of nitro benzene ring substituents is 1. The first-order chi connectivity index (χ1) is 12.6. The first kappa shape index (κ1) is 17.0. The zero-order chi connectivity index (χ0) is 18.4. The number of hydrogen-bond acceptors (Lipinski definition) is 4. The quantitative estimate of drug-likeness (QED) is 0.430. The standard InChI is InChI=1S/C20H15N3O3/c24-20(22-21-14-15-6-12-19(13-7-15)23(25)26)18-10-8-17(9-11-18)16-4-2-1-3-5-16/h1-14H,(H,22,24). The van der Waals surface area contributed by atoms with Crippen LogP contribution in [0.2, 0.25) is 0 Å². The molecule has 0 aliphatic rings. The largest absolute Gasteiger partial charge is 0.271 e. The number of benzene rings is 3. The summed E-state index contributed by atoms with van der Waals surface area (Å²) in [6.07, 6.45) is 1.43. The molecule has 0 radical (unpaired) electrons. The van der Waals surface area contributed by atoms with Crippen molar-refractivity contribution in [3.8, 4) is 11.1 Å². The number of nitrogens with one attached hydrogen (secondary N) is 1. The predicted molar refractivity (Wildman–Crippen MR) is 100 cm³/mol. The molecule has 0 atom stereocenters. The Bertz CT molecular complexity index is 934. The third-order valence-corrected chi connectivity index (χ3v) is 3.74. The van der Waals surface area contributed by atoms with Crippen molar-refractivity contribution in [3.63, 3.8) is 0 Å². The number of hydrazone groups is 1. The first-order valence-corrected chi connectivity index (χ1v) is 7.87. The highest BCUT2D eigenvalue weighted by Gasteiger charge is 2.05. The van der Waals surface area contributed by atoms with E-state index in [0.29, 0.717) is 11.1 Å². The van der Waals surface area contributed by atoms with Crippen molar-refractivity contribution in [2.24, 2.45) is 5.10 Å². The molecule has 128 valence electrons. The Hall–Kier alpha value is -3.80. The van der Waals surface area contributed by atoms with Crippen molar-refractivity contribution in [3.05, 3.63) is 100 Å². The Kier molecular flexibility index (Phi) is 5.14. The lowest BCUT2D eigenvalue weighted by atomic mass is 10.0. The second kappa shape index (κ2) is 7.85. The summed E-state index contributed by atoms with van der Waals surface area (Å²) in [5.41, 5.74) is 5.69. The molecule has 0 heterocycles. The molecular weight excluding hydrogens is 330 g/mol. The van der Waals surface area contributed by atoms with Gasteiger partial charge in [-0.2, -0.15) is 5.10 Å². The molecule has 0 spiro atoms. The third-order valence-electron chi connectivity index (χ3n) is 3.74. The first-order valence-electron chi connectivity index (χ1n) is 7.87. The predicted octanol–water partition coefficient (Wildman–Crippen LogP) is 4.03. The van der Waals surface area contributed by atoms with E-state index >= 15 is 0 Å². The van der Waals surface area contributed by atoms with Gasteiger partial charge in [-0.1, -0.05) is 42.5 Å². The third kappa shape index (κ3) is 4.18. The summed E-state index contributed by atoms with van der Waals surface area (Å²) in [6.45, 7) is 0. The number of nitrogens with zero attached hydrogens (tertiary/aromatic N) is 2. The molecule has 3 aromatic rings. The summed E-state index contributed by atoms with van der Waals surface area (Å²) in [5, 5.41) is 14.5. The van der Waals surface area contributed by atoms with Crippen molar-refractivity contribution in [1.29, 1.82) is 0 Å². The summed E-state index contributed by atoms with van der Waals surface area (Å²) in [5.74, 6) is -0.331. The Morgan fingerprint density at radius 2 is 1.50 bits per heavy atom. The molecular formula is C20H15N3O3. The molecule has 0 bridgehead atoms. The number of carbonyl (C=O) groups is 1. The summed E-state index contributed by atoms with van der Waals surface area (Å²) in [4.78, 5) is 22.2. The minimum absolute atomic E-state index is 0.00434. The lowest BCUT2D eigenvalue weighted by molar-refractivity contribution is -0.384. The second-order valence-corrected chi connectivity index (χ2v) is 5.49. The van der Waals surface area contributed by atoms with Gasteiger partial charge in [-0.25, -0.2) is 5.43 Å². The smallest absolute Gasteiger partial charge is 0.267 e. The van der Waals surface area contributed by atoms with Crippen LogP contribution in [0.1, 0.15) is 15.9 Å². The van der Waals surface area contributed by atoms with Crippen LogP contribution >= 0.6 is 0 Å². The molecule has 1 N–H and O–H groups in total. The van der Waals surface area contributed by atoms with Crippen molar-refractivity contribution in [2.75, 3.05) is 0 Å². The summed E-state index contributed by atoms with van der Waals surface area (Å²) in [6, 6.07) is 23.0. The van der Waals surface area contributed by atoms with E-state index in [4.69, 9.17) is 0 Å². The maximum atomic E-state index is 12.1. The molecule has 3 aromatic carbocycles. The van der Waals surface area contributed by atoms with Crippen LogP contribution < -0.4 is 5.43 Å². The highest BCUT2D eigenvalue weighted by molar-refractivity contribution is 5.95. The van der Waals surface area contributed by atoms with Crippen molar-refractivity contribution < 1.29 is 9.72 Å². The number of carbonyl (C=O) groups excluding carboxylic acids is 1. The zero-order valence-corrected chi connectivity index (χ0v) is 13.7. The van der Waals surface area contributed by atoms with Crippen molar-refractivity contribution >= 4 is 17.8 Å². The van der Waals surface area contributed by atoms with Gasteiger partial charge in [0.05, 0.1) is 11.1 Å². The molecule has 6 heteroatoms. The molecule has 0 aliphatic carbocycles. The van der Waals surface area contributed by atoms with Crippen LogP contribution in [0.5, 0.6) is 0 Å². The van der Waals surface area contributed by atoms with Gasteiger partial charge in [-0.15, -0.1) is 0 Å². The van der Waals surface area contributed by atoms with Crippen LogP contribution in [-0.2, 0) is 0 Å². The average molecular weight is 345 g/mol. The molecule has 0 unspecified atom stereocenters. The molecule has 6 nitrogen and oxygen atoms in total. The molecule has 0 saturated carbocycles. The van der Waals surface area contributed by atoms with E-state index in [1.54, 1.807) is 24.3 Å². The highest BCUT2D eigenvalue weighted by atomic mass is 16.6. The number of non-ortho nitro benzene ring substituents is 1. The van der Waals surface area contributed by atoms with E-state index in [9.17, 15) is 14.9 Å². The second-order valence-electron chi connectivity index (χ2n) is 5.49. The molecule has 0 saturated heterocycles. The van der Waals surface area contributed by atoms with Crippen molar-refractivity contribution in [1.82, 2.24) is 5.43 Å². The summed E-state index contributed by atoms with van der Waals surface area (Å²) < 4.78 is 0. The van der Waals surface area contributed by atoms with Gasteiger partial charge in [-0.05, 0) is 41.0 Å². The Balaban J connectivity index is 1.62. The maximum Gasteiger partial charge on any atom is 0.271 e. The van der Waals surface area contributed by atoms with E-state index in [2.05, 4.69) is 10.5 Å². The van der Waals surface area contributed by atoms with E-state index in [-0.39, 0.29) is 11.6 Å². The Labute approximate surface area is 150 Å². The SMILES string of the molecule is O=C(NN=Cc1ccc([N+](=O)[O-])cc1)c1ccc(-c2ccccc2)cc1. The summed E-state index contributed by atoms with van der Waals surface area (Å²) in [7, 11) is 0. The fourth-order valence-electron chi connectivity index (χ4n) is 2.36. The van der Waals surface area contributed by atoms with E-state index in [1.165, 1.54) is 18.3 Å². The van der Waals surface area contributed by atoms with Crippen LogP contribution in [0.25, 0.3) is 11.1 Å².